The maximum atomic E-state index is 15.0. The zero-order chi connectivity index (χ0) is 33.1. The van der Waals surface area contributed by atoms with Crippen LogP contribution in [0.4, 0.5) is 17.6 Å². The van der Waals surface area contributed by atoms with Crippen molar-refractivity contribution in [1.82, 2.24) is 0 Å². The maximum Gasteiger partial charge on any atom is 0.303 e. The van der Waals surface area contributed by atoms with Gasteiger partial charge in [-0.25, -0.2) is 17.6 Å². The van der Waals surface area contributed by atoms with Gasteiger partial charge in [0, 0.05) is 56.3 Å². The molecular formula is C31H32F4O8S2. The second-order valence-electron chi connectivity index (χ2n) is 10.3. The Hall–Kier alpha value is -3.78. The summed E-state index contributed by atoms with van der Waals surface area (Å²) in [6.07, 6.45) is -2.01. The normalized spacial score (nSPS) is 12.1. The third-order valence-electron chi connectivity index (χ3n) is 7.42. The predicted molar refractivity (Wildman–Crippen MR) is 163 cm³/mol. The molecular weight excluding hydrogens is 640 g/mol. The molecule has 0 atom stereocenters. The van der Waals surface area contributed by atoms with Gasteiger partial charge in [0.15, 0.2) is 23.0 Å². The lowest BCUT2D eigenvalue weighted by Gasteiger charge is -2.16. The van der Waals surface area contributed by atoms with Gasteiger partial charge in [-0.05, 0) is 31.4 Å². The molecule has 2 N–H and O–H groups in total. The monoisotopic (exact) mass is 672 g/mol. The van der Waals surface area contributed by atoms with Crippen LogP contribution in [0, 0.1) is 0 Å². The molecule has 4 rings (SSSR count). The minimum atomic E-state index is -3.36. The minimum absolute atomic E-state index is 0.277. The maximum absolute atomic E-state index is 15.0. The highest BCUT2D eigenvalue weighted by molar-refractivity contribution is 7.19. The van der Waals surface area contributed by atoms with E-state index in [-0.39, 0.29) is 9.75 Å². The molecule has 45 heavy (non-hydrogen) atoms. The van der Waals surface area contributed by atoms with Crippen LogP contribution in [0.2, 0.25) is 0 Å². The van der Waals surface area contributed by atoms with Gasteiger partial charge >= 0.3 is 11.9 Å². The van der Waals surface area contributed by atoms with Gasteiger partial charge in [0.2, 0.25) is 0 Å². The topological polar surface area (TPSA) is 112 Å². The lowest BCUT2D eigenvalue weighted by Crippen LogP contribution is -2.13. The smallest absolute Gasteiger partial charge is 0.303 e. The SMILES string of the molecule is COc1cc2sc(C(F)(F)CCC(=O)O)cc2c(CCCc2c(OC)c(OC)cc3sc(C(F)(F)CCC(=O)O)cc23)c1OC. The van der Waals surface area contributed by atoms with Crippen LogP contribution in [0.15, 0.2) is 24.3 Å². The van der Waals surface area contributed by atoms with E-state index in [1.807, 2.05) is 0 Å². The highest BCUT2D eigenvalue weighted by atomic mass is 32.1. The number of ether oxygens (including phenoxy) is 4. The van der Waals surface area contributed by atoms with Crippen LogP contribution in [0.1, 0.15) is 53.0 Å². The number of thiophene rings is 2. The van der Waals surface area contributed by atoms with Crippen LogP contribution < -0.4 is 18.9 Å². The van der Waals surface area contributed by atoms with Gasteiger partial charge in [0.05, 0.1) is 51.0 Å². The quantitative estimate of drug-likeness (QED) is 0.115. The summed E-state index contributed by atoms with van der Waals surface area (Å²) < 4.78 is 83.2. The lowest BCUT2D eigenvalue weighted by atomic mass is 9.97. The van der Waals surface area contributed by atoms with Gasteiger partial charge in [-0.2, -0.15) is 0 Å². The largest absolute Gasteiger partial charge is 0.493 e. The second-order valence-corrected chi connectivity index (χ2v) is 12.4. The summed E-state index contributed by atoms with van der Waals surface area (Å²) in [5.41, 5.74) is 1.21. The van der Waals surface area contributed by atoms with E-state index in [2.05, 4.69) is 0 Å². The fourth-order valence-corrected chi connectivity index (χ4v) is 7.48. The number of fused-ring (bicyclic) bond motifs is 2. The van der Waals surface area contributed by atoms with Crippen molar-refractivity contribution in [2.45, 2.75) is 56.8 Å². The summed E-state index contributed by atoms with van der Waals surface area (Å²) in [5.74, 6) is -7.94. The fourth-order valence-electron chi connectivity index (χ4n) is 5.23. The van der Waals surface area contributed by atoms with Crippen LogP contribution >= 0.6 is 22.7 Å². The second kappa shape index (κ2) is 13.7. The predicted octanol–water partition coefficient (Wildman–Crippen LogP) is 8.24. The molecule has 14 heteroatoms. The van der Waals surface area contributed by atoms with E-state index in [0.29, 0.717) is 73.6 Å². The first-order valence-corrected chi connectivity index (χ1v) is 15.4. The molecule has 0 aliphatic heterocycles. The van der Waals surface area contributed by atoms with Crippen molar-refractivity contribution < 1.29 is 56.3 Å². The van der Waals surface area contributed by atoms with E-state index in [1.165, 1.54) is 40.6 Å². The van der Waals surface area contributed by atoms with Crippen molar-refractivity contribution in [3.05, 3.63) is 45.1 Å². The first kappa shape index (κ1) is 34.1. The molecule has 0 aliphatic rings. The molecule has 2 heterocycles. The average molecular weight is 673 g/mol. The Balaban J connectivity index is 1.73. The summed E-state index contributed by atoms with van der Waals surface area (Å²) in [6, 6.07) is 5.91. The van der Waals surface area contributed by atoms with Crippen molar-refractivity contribution in [2.75, 3.05) is 28.4 Å². The van der Waals surface area contributed by atoms with Crippen LogP contribution in [0.3, 0.4) is 0 Å². The third kappa shape index (κ3) is 7.22. The van der Waals surface area contributed by atoms with E-state index in [9.17, 15) is 27.2 Å². The molecule has 0 saturated heterocycles. The number of aliphatic carboxylic acids is 2. The lowest BCUT2D eigenvalue weighted by molar-refractivity contribution is -0.140. The Morgan fingerprint density at radius 2 is 1.04 bits per heavy atom. The molecule has 0 aliphatic carbocycles. The number of aryl methyl sites for hydroxylation is 2. The van der Waals surface area contributed by atoms with Gasteiger partial charge in [0.25, 0.3) is 11.8 Å². The van der Waals surface area contributed by atoms with Crippen LogP contribution in [0.5, 0.6) is 23.0 Å². The minimum Gasteiger partial charge on any atom is -0.493 e. The summed E-state index contributed by atoms with van der Waals surface area (Å²) in [4.78, 5) is 21.3. The number of carbonyl (C=O) groups is 2. The number of alkyl halides is 4. The highest BCUT2D eigenvalue weighted by Crippen LogP contribution is 2.48. The summed E-state index contributed by atoms with van der Waals surface area (Å²) in [7, 11) is 5.74. The standard InChI is InChI=1S/C31H32F4O8S2/c1-40-20-14-22-18(12-24(44-22)30(32,33)10-8-26(36)37)16(28(20)42-3)6-5-7-17-19-13-25(31(34,35)11-9-27(38)39)45-23(19)15-21(41-2)29(17)43-4/h12-15H,5-11H2,1-4H3,(H,36,37)(H,38,39). The zero-order valence-corrected chi connectivity index (χ0v) is 26.6. The zero-order valence-electron chi connectivity index (χ0n) is 24.9. The van der Waals surface area contributed by atoms with Crippen LogP contribution in [-0.4, -0.2) is 50.6 Å². The number of halogens is 4. The van der Waals surface area contributed by atoms with Crippen LogP contribution in [-0.2, 0) is 34.3 Å². The van der Waals surface area contributed by atoms with Gasteiger partial charge in [-0.1, -0.05) is 0 Å². The first-order chi connectivity index (χ1) is 21.3. The van der Waals surface area contributed by atoms with E-state index in [4.69, 9.17) is 29.2 Å². The van der Waals surface area contributed by atoms with E-state index in [0.717, 1.165) is 22.7 Å². The molecule has 244 valence electrons. The fraction of sp³-hybridized carbons (Fsp3) is 0.419. The molecule has 0 spiro atoms. The molecule has 0 fully saturated rings. The Morgan fingerprint density at radius 1 is 0.667 bits per heavy atom. The highest BCUT2D eigenvalue weighted by Gasteiger charge is 2.36. The number of hydrogen-bond donors (Lipinski definition) is 2. The number of carboxylic acid groups (broad SMARTS) is 2. The van der Waals surface area contributed by atoms with E-state index < -0.39 is 49.5 Å². The molecule has 0 unspecified atom stereocenters. The van der Waals surface area contributed by atoms with Gasteiger partial charge in [-0.15, -0.1) is 22.7 Å². The molecule has 0 bridgehead atoms. The molecule has 2 aromatic heterocycles. The molecule has 0 amide bonds. The Morgan fingerprint density at radius 3 is 1.36 bits per heavy atom. The number of carboxylic acids is 2. The Kier molecular flexibility index (Phi) is 10.4. The van der Waals surface area contributed by atoms with Gasteiger partial charge in [0.1, 0.15) is 0 Å². The van der Waals surface area contributed by atoms with Crippen molar-refractivity contribution >= 4 is 54.8 Å². The van der Waals surface area contributed by atoms with E-state index in [1.54, 1.807) is 12.1 Å². The average Bonchev–Trinajstić information content (AvgIpc) is 3.64. The summed E-state index contributed by atoms with van der Waals surface area (Å²) >= 11 is 1.70. The number of hydrogen-bond acceptors (Lipinski definition) is 8. The van der Waals surface area contributed by atoms with Crippen molar-refractivity contribution in [2.24, 2.45) is 0 Å². The third-order valence-corrected chi connectivity index (χ3v) is 9.81. The van der Waals surface area contributed by atoms with Crippen molar-refractivity contribution in [3.8, 4) is 23.0 Å². The van der Waals surface area contributed by atoms with Crippen molar-refractivity contribution in [3.63, 3.8) is 0 Å². The van der Waals surface area contributed by atoms with Crippen LogP contribution in [0.25, 0.3) is 20.2 Å². The van der Waals surface area contributed by atoms with Gasteiger partial charge < -0.3 is 29.2 Å². The number of rotatable bonds is 16. The van der Waals surface area contributed by atoms with Crippen molar-refractivity contribution in [1.29, 1.82) is 0 Å². The Labute approximate surface area is 264 Å². The van der Waals surface area contributed by atoms with Gasteiger partial charge in [-0.3, -0.25) is 9.59 Å². The number of benzene rings is 2. The van der Waals surface area contributed by atoms with E-state index >= 15 is 0 Å². The summed E-state index contributed by atoms with van der Waals surface area (Å²) in [5, 5.41) is 18.9. The first-order valence-electron chi connectivity index (χ1n) is 13.8. The number of methoxy groups -OCH3 is 4. The summed E-state index contributed by atoms with van der Waals surface area (Å²) in [6.45, 7) is 0. The Bertz CT molecular complexity index is 1590. The molecule has 0 radical (unpaired) electrons. The molecule has 2 aromatic carbocycles. The molecule has 8 nitrogen and oxygen atoms in total. The molecule has 0 saturated carbocycles. The molecule has 4 aromatic rings.